The van der Waals surface area contributed by atoms with Crippen molar-refractivity contribution in [2.24, 2.45) is 12.1 Å². The molecule has 0 atom stereocenters. The third-order valence-electron chi connectivity index (χ3n) is 4.76. The summed E-state index contributed by atoms with van der Waals surface area (Å²) in [6.45, 7) is 5.65. The Labute approximate surface area is 166 Å². The molecule has 2 aromatic carbocycles. The highest BCUT2D eigenvalue weighted by Crippen LogP contribution is 2.36. The van der Waals surface area contributed by atoms with Crippen LogP contribution in [0.4, 0.5) is 4.39 Å². The van der Waals surface area contributed by atoms with Crippen LogP contribution in [0.3, 0.4) is 0 Å². The topological polar surface area (TPSA) is 22.2 Å². The molecule has 0 saturated carbocycles. The Bertz CT molecular complexity index is 1370. The van der Waals surface area contributed by atoms with Gasteiger partial charge in [0.2, 0.25) is 0 Å². The van der Waals surface area contributed by atoms with E-state index in [1.54, 1.807) is 22.4 Å². The average molecular weight is 394 g/mol. The van der Waals surface area contributed by atoms with Gasteiger partial charge in [-0.05, 0) is 17.9 Å². The molecular weight excluding hydrogens is 377 g/mol. The maximum atomic E-state index is 14.6. The van der Waals surface area contributed by atoms with Gasteiger partial charge in [0.15, 0.2) is 0 Å². The highest BCUT2D eigenvalue weighted by molar-refractivity contribution is 7.71. The van der Waals surface area contributed by atoms with Gasteiger partial charge in [-0.3, -0.25) is 0 Å². The quantitative estimate of drug-likeness (QED) is 0.300. The van der Waals surface area contributed by atoms with Gasteiger partial charge in [0, 0.05) is 47.9 Å². The van der Waals surface area contributed by atoms with E-state index in [1.807, 2.05) is 37.4 Å². The maximum absolute atomic E-state index is 14.6. The number of halogens is 1. The minimum absolute atomic E-state index is 0.307. The minimum atomic E-state index is -0.307. The van der Waals surface area contributed by atoms with Crippen LogP contribution in [0.1, 0.15) is 5.56 Å². The van der Waals surface area contributed by atoms with Crippen molar-refractivity contribution in [1.82, 2.24) is 9.24 Å². The molecule has 4 aromatic rings. The smallest absolute Gasteiger partial charge is 0.147 e. The van der Waals surface area contributed by atoms with Gasteiger partial charge in [0.1, 0.15) is 15.1 Å². The Kier molecular flexibility index (Phi) is 4.25. The van der Waals surface area contributed by atoms with E-state index in [4.69, 9.17) is 24.4 Å². The number of benzene rings is 2. The fourth-order valence-corrected chi connectivity index (χ4v) is 4.00. The molecule has 0 saturated heterocycles. The number of aryl methyl sites for hydroxylation is 2. The van der Waals surface area contributed by atoms with Crippen molar-refractivity contribution in [1.29, 1.82) is 0 Å². The molecule has 27 heavy (non-hydrogen) atoms. The molecule has 0 spiro atoms. The molecule has 0 aliphatic rings. The standard InChI is InChI=1S/C21H16FN3S2/c1-12-7-8-14-16(9-12)17(10-25(23-2)20(14)26)13-5-4-6-15-18(22)11-24(3)21(27)19(13)15/h4-11H,2H2,1,3H3. The first-order valence-electron chi connectivity index (χ1n) is 8.33. The Morgan fingerprint density at radius 3 is 2.48 bits per heavy atom. The summed E-state index contributed by atoms with van der Waals surface area (Å²) in [4.78, 5) is 0. The summed E-state index contributed by atoms with van der Waals surface area (Å²) in [7, 11) is 1.75. The lowest BCUT2D eigenvalue weighted by Gasteiger charge is -2.15. The second-order valence-electron chi connectivity index (χ2n) is 6.50. The van der Waals surface area contributed by atoms with Gasteiger partial charge in [0.25, 0.3) is 0 Å². The average Bonchev–Trinajstić information content (AvgIpc) is 2.66. The Morgan fingerprint density at radius 1 is 0.963 bits per heavy atom. The Morgan fingerprint density at radius 2 is 1.74 bits per heavy atom. The van der Waals surface area contributed by atoms with Gasteiger partial charge < -0.3 is 4.57 Å². The van der Waals surface area contributed by atoms with E-state index in [0.717, 1.165) is 27.5 Å². The SMILES string of the molecule is C=Nn1cc(-c2cccc3c(F)cn(C)c(=S)c23)c2cc(C)ccc2c1=S. The van der Waals surface area contributed by atoms with Gasteiger partial charge in [-0.15, -0.1) is 0 Å². The Balaban J connectivity index is 2.27. The van der Waals surface area contributed by atoms with Crippen LogP contribution >= 0.6 is 24.4 Å². The van der Waals surface area contributed by atoms with Crippen molar-refractivity contribution >= 4 is 52.7 Å². The zero-order valence-corrected chi connectivity index (χ0v) is 16.5. The zero-order valence-electron chi connectivity index (χ0n) is 14.9. The first-order chi connectivity index (χ1) is 12.9. The normalized spacial score (nSPS) is 11.2. The molecular formula is C21H16FN3S2. The van der Waals surface area contributed by atoms with E-state index in [2.05, 4.69) is 17.9 Å². The van der Waals surface area contributed by atoms with E-state index in [0.29, 0.717) is 20.1 Å². The van der Waals surface area contributed by atoms with E-state index >= 15 is 0 Å². The molecule has 2 heterocycles. The lowest BCUT2D eigenvalue weighted by molar-refractivity contribution is 0.621. The number of hydrogen-bond acceptors (Lipinski definition) is 3. The summed E-state index contributed by atoms with van der Waals surface area (Å²) in [5.74, 6) is -0.307. The number of pyridine rings is 2. The molecule has 0 radical (unpaired) electrons. The highest BCUT2D eigenvalue weighted by Gasteiger charge is 2.15. The summed E-state index contributed by atoms with van der Waals surface area (Å²) in [5, 5.41) is 7.09. The summed E-state index contributed by atoms with van der Waals surface area (Å²) in [6.07, 6.45) is 3.25. The largest absolute Gasteiger partial charge is 0.339 e. The third-order valence-corrected chi connectivity index (χ3v) is 5.66. The number of nitrogens with zero attached hydrogens (tertiary/aromatic N) is 3. The number of rotatable bonds is 2. The van der Waals surface area contributed by atoms with Crippen LogP contribution in [0, 0.1) is 22.0 Å². The summed E-state index contributed by atoms with van der Waals surface area (Å²) < 4.78 is 19.0. The van der Waals surface area contributed by atoms with Crippen LogP contribution in [-0.4, -0.2) is 16.0 Å². The van der Waals surface area contributed by atoms with Crippen LogP contribution in [-0.2, 0) is 7.05 Å². The molecule has 6 heteroatoms. The van der Waals surface area contributed by atoms with E-state index in [1.165, 1.54) is 6.20 Å². The molecule has 3 nitrogen and oxygen atoms in total. The van der Waals surface area contributed by atoms with Crippen LogP contribution in [0.25, 0.3) is 32.7 Å². The second kappa shape index (κ2) is 6.48. The summed E-state index contributed by atoms with van der Waals surface area (Å²) in [6, 6.07) is 11.6. The van der Waals surface area contributed by atoms with Crippen molar-refractivity contribution in [3.05, 3.63) is 69.5 Å². The van der Waals surface area contributed by atoms with Gasteiger partial charge in [-0.1, -0.05) is 66.4 Å². The molecule has 134 valence electrons. The van der Waals surface area contributed by atoms with Crippen molar-refractivity contribution in [3.8, 4) is 11.1 Å². The van der Waals surface area contributed by atoms with Crippen molar-refractivity contribution in [2.75, 3.05) is 0 Å². The van der Waals surface area contributed by atoms with Crippen LogP contribution < -0.4 is 0 Å². The van der Waals surface area contributed by atoms with E-state index in [9.17, 15) is 4.39 Å². The fraction of sp³-hybridized carbons (Fsp3) is 0.0952. The number of hydrogen-bond donors (Lipinski definition) is 0. The summed E-state index contributed by atoms with van der Waals surface area (Å²) in [5.41, 5.74) is 2.84. The molecule has 0 unspecified atom stereocenters. The van der Waals surface area contributed by atoms with E-state index < -0.39 is 0 Å². The van der Waals surface area contributed by atoms with Crippen LogP contribution in [0.15, 0.2) is 53.9 Å². The Hall–Kier alpha value is -2.70. The maximum Gasteiger partial charge on any atom is 0.147 e. The van der Waals surface area contributed by atoms with Gasteiger partial charge >= 0.3 is 0 Å². The molecule has 0 amide bonds. The fourth-order valence-electron chi connectivity index (χ4n) is 3.44. The molecule has 2 aromatic heterocycles. The molecule has 0 fully saturated rings. The zero-order chi connectivity index (χ0) is 19.3. The second-order valence-corrected chi connectivity index (χ2v) is 7.28. The number of fused-ring (bicyclic) bond motifs is 2. The molecule has 0 N–H and O–H groups in total. The van der Waals surface area contributed by atoms with Crippen LogP contribution in [0.2, 0.25) is 0 Å². The first kappa shape index (κ1) is 17.7. The molecule has 0 aliphatic heterocycles. The third kappa shape index (κ3) is 2.72. The summed E-state index contributed by atoms with van der Waals surface area (Å²) >= 11 is 11.2. The molecule has 0 bridgehead atoms. The van der Waals surface area contributed by atoms with Gasteiger partial charge in [-0.25, -0.2) is 9.07 Å². The lowest BCUT2D eigenvalue weighted by Crippen LogP contribution is -1.99. The van der Waals surface area contributed by atoms with Crippen molar-refractivity contribution in [2.45, 2.75) is 6.92 Å². The van der Waals surface area contributed by atoms with Crippen LogP contribution in [0.5, 0.6) is 0 Å². The lowest BCUT2D eigenvalue weighted by atomic mass is 9.95. The minimum Gasteiger partial charge on any atom is -0.339 e. The number of aromatic nitrogens is 2. The van der Waals surface area contributed by atoms with E-state index in [-0.39, 0.29) is 5.82 Å². The monoisotopic (exact) mass is 393 g/mol. The molecule has 4 rings (SSSR count). The first-order valence-corrected chi connectivity index (χ1v) is 9.15. The van der Waals surface area contributed by atoms with Crippen molar-refractivity contribution in [3.63, 3.8) is 0 Å². The molecule has 0 aliphatic carbocycles. The highest BCUT2D eigenvalue weighted by atomic mass is 32.1. The van der Waals surface area contributed by atoms with Gasteiger partial charge in [-0.2, -0.15) is 5.10 Å². The van der Waals surface area contributed by atoms with Crippen molar-refractivity contribution < 1.29 is 4.39 Å². The predicted octanol–water partition coefficient (Wildman–Crippen LogP) is 6.17. The predicted molar refractivity (Wildman–Crippen MR) is 115 cm³/mol. The van der Waals surface area contributed by atoms with Gasteiger partial charge in [0.05, 0.1) is 0 Å².